The molecule has 0 spiro atoms. The molecule has 1 fully saturated rings. The Bertz CT molecular complexity index is 424. The van der Waals surface area contributed by atoms with Gasteiger partial charge < -0.3 is 10.6 Å². The lowest BCUT2D eigenvalue weighted by Crippen LogP contribution is -2.49. The van der Waals surface area contributed by atoms with Crippen LogP contribution in [0.25, 0.3) is 0 Å². The van der Waals surface area contributed by atoms with E-state index in [9.17, 15) is 9.18 Å². The molecule has 2 N–H and O–H groups in total. The fourth-order valence-corrected chi connectivity index (χ4v) is 2.43. The van der Waals surface area contributed by atoms with E-state index in [4.69, 9.17) is 0 Å². The molecular formula is C15H21FN2O. The average molecular weight is 264 g/mol. The number of carbonyl (C=O) groups is 1. The maximum atomic E-state index is 12.8. The maximum Gasteiger partial charge on any atom is 0.227 e. The molecule has 1 aromatic carbocycles. The van der Waals surface area contributed by atoms with Crippen molar-refractivity contribution in [3.8, 4) is 0 Å². The van der Waals surface area contributed by atoms with Gasteiger partial charge in [-0.05, 0) is 50.4 Å². The van der Waals surface area contributed by atoms with E-state index in [0.717, 1.165) is 37.9 Å². The molecule has 0 saturated carbocycles. The molecule has 2 rings (SSSR count). The molecule has 0 radical (unpaired) electrons. The summed E-state index contributed by atoms with van der Waals surface area (Å²) in [7, 11) is 0. The van der Waals surface area contributed by atoms with Crippen LogP contribution in [-0.2, 0) is 11.2 Å². The van der Waals surface area contributed by atoms with Crippen LogP contribution in [0.5, 0.6) is 0 Å². The Labute approximate surface area is 113 Å². The van der Waals surface area contributed by atoms with Crippen molar-refractivity contribution in [3.63, 3.8) is 0 Å². The topological polar surface area (TPSA) is 41.1 Å². The lowest BCUT2D eigenvalue weighted by molar-refractivity contribution is -0.131. The van der Waals surface area contributed by atoms with Gasteiger partial charge >= 0.3 is 0 Å². The number of piperidine rings is 1. The summed E-state index contributed by atoms with van der Waals surface area (Å²) < 4.78 is 12.8. The number of carbonyl (C=O) groups excluding carboxylic acids is 1. The van der Waals surface area contributed by atoms with Crippen LogP contribution in [0.1, 0.15) is 25.3 Å². The second-order valence-corrected chi connectivity index (χ2v) is 5.47. The number of rotatable bonds is 4. The highest BCUT2D eigenvalue weighted by molar-refractivity contribution is 5.82. The van der Waals surface area contributed by atoms with Crippen LogP contribution in [0.2, 0.25) is 0 Å². The van der Waals surface area contributed by atoms with E-state index in [1.165, 1.54) is 12.1 Å². The third kappa shape index (κ3) is 3.77. The van der Waals surface area contributed by atoms with Crippen LogP contribution < -0.4 is 10.6 Å². The Morgan fingerprint density at radius 2 is 2.16 bits per heavy atom. The van der Waals surface area contributed by atoms with Crippen LogP contribution in [0.15, 0.2) is 24.3 Å². The first kappa shape index (κ1) is 14.0. The smallest absolute Gasteiger partial charge is 0.227 e. The molecule has 1 aliphatic rings. The van der Waals surface area contributed by atoms with Gasteiger partial charge in [0, 0.05) is 13.1 Å². The molecule has 0 aliphatic carbocycles. The Kier molecular flexibility index (Phi) is 4.53. The molecule has 0 bridgehead atoms. The Hall–Kier alpha value is -1.42. The van der Waals surface area contributed by atoms with Crippen LogP contribution in [0.4, 0.5) is 4.39 Å². The zero-order valence-corrected chi connectivity index (χ0v) is 11.3. The Morgan fingerprint density at radius 1 is 1.42 bits per heavy atom. The predicted octanol–water partition coefficient (Wildman–Crippen LogP) is 1.87. The molecule has 1 amide bonds. The zero-order valence-electron chi connectivity index (χ0n) is 11.3. The summed E-state index contributed by atoms with van der Waals surface area (Å²) in [6, 6.07) is 6.41. The standard InChI is InChI=1S/C15H21FN2O/c1-15(8-2-9-17-11-15)14(19)18-10-7-12-3-5-13(16)6-4-12/h3-6,17H,2,7-11H2,1H3,(H,18,19). The van der Waals surface area contributed by atoms with E-state index >= 15 is 0 Å². The zero-order chi connectivity index (χ0) is 13.7. The van der Waals surface area contributed by atoms with Crippen molar-refractivity contribution in [2.24, 2.45) is 5.41 Å². The number of nitrogens with one attached hydrogen (secondary N) is 2. The van der Waals surface area contributed by atoms with Crippen molar-refractivity contribution < 1.29 is 9.18 Å². The lowest BCUT2D eigenvalue weighted by Gasteiger charge is -2.32. The van der Waals surface area contributed by atoms with Gasteiger partial charge in [0.2, 0.25) is 5.91 Å². The molecule has 4 heteroatoms. The summed E-state index contributed by atoms with van der Waals surface area (Å²) in [5.41, 5.74) is 0.745. The number of hydrogen-bond donors (Lipinski definition) is 2. The Morgan fingerprint density at radius 3 is 2.79 bits per heavy atom. The lowest BCUT2D eigenvalue weighted by atomic mass is 9.82. The molecule has 1 unspecified atom stereocenters. The van der Waals surface area contributed by atoms with E-state index < -0.39 is 0 Å². The van der Waals surface area contributed by atoms with Gasteiger partial charge in [0.1, 0.15) is 5.82 Å². The number of hydrogen-bond acceptors (Lipinski definition) is 2. The number of halogens is 1. The highest BCUT2D eigenvalue weighted by Crippen LogP contribution is 2.25. The van der Waals surface area contributed by atoms with Gasteiger partial charge in [0.15, 0.2) is 0 Å². The van der Waals surface area contributed by atoms with Crippen molar-refractivity contribution in [2.45, 2.75) is 26.2 Å². The van der Waals surface area contributed by atoms with Crippen LogP contribution in [-0.4, -0.2) is 25.5 Å². The number of benzene rings is 1. The molecule has 3 nitrogen and oxygen atoms in total. The number of amides is 1. The van der Waals surface area contributed by atoms with Gasteiger partial charge in [0.05, 0.1) is 5.41 Å². The van der Waals surface area contributed by atoms with Crippen molar-refractivity contribution in [1.82, 2.24) is 10.6 Å². The summed E-state index contributed by atoms with van der Waals surface area (Å²) in [5.74, 6) is -0.115. The highest BCUT2D eigenvalue weighted by Gasteiger charge is 2.34. The summed E-state index contributed by atoms with van der Waals surface area (Å²) in [5, 5.41) is 6.25. The highest BCUT2D eigenvalue weighted by atomic mass is 19.1. The molecule has 0 aromatic heterocycles. The third-order valence-electron chi connectivity index (χ3n) is 3.76. The van der Waals surface area contributed by atoms with E-state index in [2.05, 4.69) is 10.6 Å². The molecular weight excluding hydrogens is 243 g/mol. The molecule has 1 heterocycles. The van der Waals surface area contributed by atoms with E-state index in [0.29, 0.717) is 6.54 Å². The second-order valence-electron chi connectivity index (χ2n) is 5.47. The first-order chi connectivity index (χ1) is 9.10. The minimum atomic E-state index is -0.291. The monoisotopic (exact) mass is 264 g/mol. The van der Waals surface area contributed by atoms with Crippen LogP contribution in [0, 0.1) is 11.2 Å². The van der Waals surface area contributed by atoms with E-state index in [1.807, 2.05) is 6.92 Å². The van der Waals surface area contributed by atoms with Crippen LogP contribution >= 0.6 is 0 Å². The minimum Gasteiger partial charge on any atom is -0.355 e. The van der Waals surface area contributed by atoms with Gasteiger partial charge in [-0.25, -0.2) is 4.39 Å². The van der Waals surface area contributed by atoms with E-state index in [1.54, 1.807) is 12.1 Å². The fraction of sp³-hybridized carbons (Fsp3) is 0.533. The van der Waals surface area contributed by atoms with Gasteiger partial charge in [-0.1, -0.05) is 12.1 Å². The quantitative estimate of drug-likeness (QED) is 0.871. The normalized spacial score (nSPS) is 23.1. The van der Waals surface area contributed by atoms with Gasteiger partial charge in [-0.3, -0.25) is 4.79 Å². The average Bonchev–Trinajstić information content (AvgIpc) is 2.42. The summed E-state index contributed by atoms with van der Waals surface area (Å²) in [6.07, 6.45) is 2.71. The van der Waals surface area contributed by atoms with Crippen LogP contribution in [0.3, 0.4) is 0 Å². The molecule has 1 atom stereocenters. The second kappa shape index (κ2) is 6.15. The molecule has 19 heavy (non-hydrogen) atoms. The molecule has 1 aliphatic heterocycles. The van der Waals surface area contributed by atoms with Crippen molar-refractivity contribution in [3.05, 3.63) is 35.6 Å². The third-order valence-corrected chi connectivity index (χ3v) is 3.76. The molecule has 104 valence electrons. The van der Waals surface area contributed by atoms with Crippen molar-refractivity contribution >= 4 is 5.91 Å². The van der Waals surface area contributed by atoms with Gasteiger partial charge in [-0.15, -0.1) is 0 Å². The van der Waals surface area contributed by atoms with Gasteiger partial charge in [-0.2, -0.15) is 0 Å². The predicted molar refractivity (Wildman–Crippen MR) is 73.3 cm³/mol. The van der Waals surface area contributed by atoms with Crippen molar-refractivity contribution in [1.29, 1.82) is 0 Å². The van der Waals surface area contributed by atoms with Gasteiger partial charge in [0.25, 0.3) is 0 Å². The molecule has 1 aromatic rings. The Balaban J connectivity index is 1.78. The van der Waals surface area contributed by atoms with E-state index in [-0.39, 0.29) is 17.1 Å². The van der Waals surface area contributed by atoms with Crippen molar-refractivity contribution in [2.75, 3.05) is 19.6 Å². The molecule has 1 saturated heterocycles. The first-order valence-electron chi connectivity index (χ1n) is 6.84. The summed E-state index contributed by atoms with van der Waals surface area (Å²) in [6.45, 7) is 4.35. The summed E-state index contributed by atoms with van der Waals surface area (Å²) >= 11 is 0. The fourth-order valence-electron chi connectivity index (χ4n) is 2.43. The SMILES string of the molecule is CC1(C(=O)NCCc2ccc(F)cc2)CCCNC1. The first-order valence-corrected chi connectivity index (χ1v) is 6.84. The minimum absolute atomic E-state index is 0.113. The summed E-state index contributed by atoms with van der Waals surface area (Å²) in [4.78, 5) is 12.2. The largest absolute Gasteiger partial charge is 0.355 e. The maximum absolute atomic E-state index is 12.8.